The number of methoxy groups -OCH3 is 1. The van der Waals surface area contributed by atoms with Crippen LogP contribution in [0.25, 0.3) is 0 Å². The second-order valence-electron chi connectivity index (χ2n) is 4.24. The smallest absolute Gasteiger partial charge is 0.0950 e. The molecule has 3 nitrogen and oxygen atoms in total. The predicted octanol–water partition coefficient (Wildman–Crippen LogP) is 1.83. The van der Waals surface area contributed by atoms with Crippen LogP contribution in [0.5, 0.6) is 0 Å². The van der Waals surface area contributed by atoms with E-state index in [1.54, 1.807) is 7.11 Å². The Hall–Kier alpha value is -0.830. The first-order chi connectivity index (χ1) is 6.04. The summed E-state index contributed by atoms with van der Waals surface area (Å²) >= 11 is 0. The van der Waals surface area contributed by atoms with Crippen molar-refractivity contribution < 1.29 is 4.74 Å². The van der Waals surface area contributed by atoms with E-state index in [1.165, 1.54) is 0 Å². The van der Waals surface area contributed by atoms with Gasteiger partial charge in [-0.1, -0.05) is 20.8 Å². The van der Waals surface area contributed by atoms with Crippen molar-refractivity contribution in [3.05, 3.63) is 18.2 Å². The van der Waals surface area contributed by atoms with Gasteiger partial charge in [0.15, 0.2) is 0 Å². The van der Waals surface area contributed by atoms with E-state index in [0.717, 1.165) is 18.8 Å². The van der Waals surface area contributed by atoms with Crippen molar-refractivity contribution in [1.82, 2.24) is 9.55 Å². The van der Waals surface area contributed by atoms with Crippen LogP contribution in [0.3, 0.4) is 0 Å². The molecule has 1 rings (SSSR count). The van der Waals surface area contributed by atoms with E-state index in [2.05, 4.69) is 36.5 Å². The van der Waals surface area contributed by atoms with Gasteiger partial charge in [-0.2, -0.15) is 0 Å². The van der Waals surface area contributed by atoms with Crippen LogP contribution in [-0.4, -0.2) is 23.3 Å². The van der Waals surface area contributed by atoms with E-state index in [9.17, 15) is 0 Å². The zero-order valence-corrected chi connectivity index (χ0v) is 8.87. The molecule has 0 aliphatic rings. The first-order valence-electron chi connectivity index (χ1n) is 4.55. The molecule has 1 aromatic rings. The Morgan fingerprint density at radius 1 is 1.46 bits per heavy atom. The van der Waals surface area contributed by atoms with Crippen LogP contribution in [0, 0.1) is 0 Å². The topological polar surface area (TPSA) is 27.1 Å². The van der Waals surface area contributed by atoms with E-state index >= 15 is 0 Å². The van der Waals surface area contributed by atoms with Crippen LogP contribution in [-0.2, 0) is 16.7 Å². The molecular formula is C10H18N2O. The number of nitrogens with zero attached hydrogens (tertiary/aromatic N) is 2. The van der Waals surface area contributed by atoms with E-state index in [0.29, 0.717) is 0 Å². The van der Waals surface area contributed by atoms with Gasteiger partial charge >= 0.3 is 0 Å². The third kappa shape index (κ3) is 2.84. The average Bonchev–Trinajstić information content (AvgIpc) is 2.47. The Morgan fingerprint density at radius 2 is 2.15 bits per heavy atom. The van der Waals surface area contributed by atoms with Gasteiger partial charge in [-0.05, 0) is 0 Å². The summed E-state index contributed by atoms with van der Waals surface area (Å²) < 4.78 is 7.05. The zero-order chi connectivity index (χ0) is 9.90. The number of aromatic nitrogens is 2. The monoisotopic (exact) mass is 182 g/mol. The van der Waals surface area contributed by atoms with E-state index < -0.39 is 0 Å². The average molecular weight is 182 g/mol. The lowest BCUT2D eigenvalue weighted by atomic mass is 9.93. The fraction of sp³-hybridized carbons (Fsp3) is 0.700. The molecule has 0 unspecified atom stereocenters. The number of rotatable bonds is 3. The van der Waals surface area contributed by atoms with Crippen LogP contribution >= 0.6 is 0 Å². The first-order valence-corrected chi connectivity index (χ1v) is 4.55. The zero-order valence-electron chi connectivity index (χ0n) is 8.87. The number of hydrogen-bond acceptors (Lipinski definition) is 2. The minimum atomic E-state index is 0.137. The Labute approximate surface area is 79.7 Å². The van der Waals surface area contributed by atoms with Crippen molar-refractivity contribution >= 4 is 0 Å². The molecule has 3 heteroatoms. The second-order valence-corrected chi connectivity index (χ2v) is 4.24. The number of hydrogen-bond donors (Lipinski definition) is 0. The highest BCUT2D eigenvalue weighted by Crippen LogP contribution is 2.19. The lowest BCUT2D eigenvalue weighted by Crippen LogP contribution is -2.11. The highest BCUT2D eigenvalue weighted by molar-refractivity contribution is 5.08. The molecule has 1 aromatic heterocycles. The summed E-state index contributed by atoms with van der Waals surface area (Å²) in [5.74, 6) is 0. The van der Waals surface area contributed by atoms with Gasteiger partial charge in [-0.3, -0.25) is 0 Å². The summed E-state index contributed by atoms with van der Waals surface area (Å²) in [4.78, 5) is 4.35. The molecule has 1 heterocycles. The highest BCUT2D eigenvalue weighted by atomic mass is 16.5. The molecule has 0 aliphatic heterocycles. The number of ether oxygens (including phenoxy) is 1. The highest BCUT2D eigenvalue weighted by Gasteiger charge is 2.16. The van der Waals surface area contributed by atoms with Crippen LogP contribution in [0.2, 0.25) is 0 Å². The molecule has 13 heavy (non-hydrogen) atoms. The maximum atomic E-state index is 4.99. The van der Waals surface area contributed by atoms with Gasteiger partial charge in [0.25, 0.3) is 0 Å². The predicted molar refractivity (Wildman–Crippen MR) is 52.8 cm³/mol. The quantitative estimate of drug-likeness (QED) is 0.713. The molecule has 0 bridgehead atoms. The molecule has 0 N–H and O–H groups in total. The Balaban J connectivity index is 2.64. The Kier molecular flexibility index (Phi) is 3.09. The number of imidazole rings is 1. The summed E-state index contributed by atoms with van der Waals surface area (Å²) in [5, 5.41) is 0. The molecule has 0 saturated carbocycles. The summed E-state index contributed by atoms with van der Waals surface area (Å²) in [6, 6.07) is 0. The molecule has 0 fully saturated rings. The maximum Gasteiger partial charge on any atom is 0.0950 e. The van der Waals surface area contributed by atoms with E-state index in [1.807, 2.05) is 6.33 Å². The lowest BCUT2D eigenvalue weighted by Gasteiger charge is -2.14. The molecule has 0 atom stereocenters. The van der Waals surface area contributed by atoms with Crippen molar-refractivity contribution in [2.45, 2.75) is 32.7 Å². The lowest BCUT2D eigenvalue weighted by molar-refractivity contribution is 0.187. The van der Waals surface area contributed by atoms with Gasteiger partial charge in [0.05, 0.1) is 18.6 Å². The van der Waals surface area contributed by atoms with Gasteiger partial charge in [0.2, 0.25) is 0 Å². The molecular weight excluding hydrogens is 164 g/mol. The van der Waals surface area contributed by atoms with Gasteiger partial charge in [-0.15, -0.1) is 0 Å². The molecule has 0 radical (unpaired) electrons. The van der Waals surface area contributed by atoms with E-state index in [-0.39, 0.29) is 5.41 Å². The summed E-state index contributed by atoms with van der Waals surface area (Å²) in [5.41, 5.74) is 1.27. The van der Waals surface area contributed by atoms with Gasteiger partial charge in [-0.25, -0.2) is 4.98 Å². The fourth-order valence-electron chi connectivity index (χ4n) is 1.07. The summed E-state index contributed by atoms with van der Waals surface area (Å²) in [7, 11) is 1.71. The van der Waals surface area contributed by atoms with Crippen molar-refractivity contribution in [2.75, 3.05) is 13.7 Å². The Morgan fingerprint density at radius 3 is 2.62 bits per heavy atom. The van der Waals surface area contributed by atoms with Crippen molar-refractivity contribution in [2.24, 2.45) is 0 Å². The van der Waals surface area contributed by atoms with Gasteiger partial charge in [0.1, 0.15) is 0 Å². The van der Waals surface area contributed by atoms with Gasteiger partial charge in [0, 0.05) is 25.3 Å². The molecule has 0 spiro atoms. The van der Waals surface area contributed by atoms with Crippen molar-refractivity contribution in [1.29, 1.82) is 0 Å². The minimum Gasteiger partial charge on any atom is -0.383 e. The van der Waals surface area contributed by atoms with Crippen LogP contribution in [0.1, 0.15) is 26.5 Å². The first kappa shape index (κ1) is 10.3. The Bertz CT molecular complexity index is 260. The normalized spacial score (nSPS) is 12.0. The third-order valence-electron chi connectivity index (χ3n) is 1.96. The standard InChI is InChI=1S/C10H18N2O/c1-10(2,3)9-7-12(8-11-9)5-6-13-4/h7-8H,5-6H2,1-4H3. The fourth-order valence-corrected chi connectivity index (χ4v) is 1.07. The molecule has 0 aromatic carbocycles. The SMILES string of the molecule is COCCn1cnc(C(C)(C)C)c1. The van der Waals surface area contributed by atoms with Crippen LogP contribution in [0.4, 0.5) is 0 Å². The van der Waals surface area contributed by atoms with E-state index in [4.69, 9.17) is 4.74 Å². The molecule has 74 valence electrons. The summed E-state index contributed by atoms with van der Waals surface area (Å²) in [6.45, 7) is 8.10. The second kappa shape index (κ2) is 3.92. The van der Waals surface area contributed by atoms with Crippen LogP contribution in [0.15, 0.2) is 12.5 Å². The maximum absolute atomic E-state index is 4.99. The minimum absolute atomic E-state index is 0.137. The van der Waals surface area contributed by atoms with Crippen molar-refractivity contribution in [3.8, 4) is 0 Å². The van der Waals surface area contributed by atoms with Crippen molar-refractivity contribution in [3.63, 3.8) is 0 Å². The largest absolute Gasteiger partial charge is 0.383 e. The molecule has 0 amide bonds. The third-order valence-corrected chi connectivity index (χ3v) is 1.96. The molecule has 0 saturated heterocycles. The summed E-state index contributed by atoms with van der Waals surface area (Å²) in [6.07, 6.45) is 3.94. The molecule has 0 aliphatic carbocycles. The van der Waals surface area contributed by atoms with Gasteiger partial charge < -0.3 is 9.30 Å². The van der Waals surface area contributed by atoms with Crippen LogP contribution < -0.4 is 0 Å².